The largest absolute Gasteiger partial charge is 0.481 e. The van der Waals surface area contributed by atoms with Gasteiger partial charge in [-0.1, -0.05) is 36.4 Å². The minimum Gasteiger partial charge on any atom is -0.481 e. The fourth-order valence-corrected chi connectivity index (χ4v) is 4.23. The van der Waals surface area contributed by atoms with Crippen molar-refractivity contribution in [1.29, 1.82) is 0 Å². The van der Waals surface area contributed by atoms with Gasteiger partial charge in [0.2, 0.25) is 0 Å². The molecule has 0 bridgehead atoms. The van der Waals surface area contributed by atoms with Gasteiger partial charge in [-0.2, -0.15) is 0 Å². The summed E-state index contributed by atoms with van der Waals surface area (Å²) >= 11 is 0. The third kappa shape index (κ3) is 2.85. The van der Waals surface area contributed by atoms with Crippen LogP contribution in [0.5, 0.6) is 0 Å². The number of hydrogen-bond donors (Lipinski definition) is 1. The van der Waals surface area contributed by atoms with Crippen molar-refractivity contribution in [1.82, 2.24) is 4.90 Å². The number of amides is 1. The molecule has 1 atom stereocenters. The van der Waals surface area contributed by atoms with Crippen molar-refractivity contribution in [2.75, 3.05) is 26.8 Å². The number of ether oxygens (including phenoxy) is 1. The van der Waals surface area contributed by atoms with Crippen LogP contribution in [0, 0.1) is 12.3 Å². The number of likely N-dealkylation sites (tertiary alicyclic amines) is 1. The predicted molar refractivity (Wildman–Crippen MR) is 106 cm³/mol. The summed E-state index contributed by atoms with van der Waals surface area (Å²) in [5, 5.41) is 12.6. The number of aryl methyl sites for hydroxylation is 1. The van der Waals surface area contributed by atoms with Crippen LogP contribution in [0.2, 0.25) is 0 Å². The van der Waals surface area contributed by atoms with E-state index in [1.807, 2.05) is 43.3 Å². The molecule has 1 unspecified atom stereocenters. The summed E-state index contributed by atoms with van der Waals surface area (Å²) in [5.41, 5.74) is 0.399. The lowest BCUT2D eigenvalue weighted by Gasteiger charge is -2.39. The third-order valence-corrected chi connectivity index (χ3v) is 5.76. The molecule has 1 N–H and O–H groups in total. The summed E-state index contributed by atoms with van der Waals surface area (Å²) in [6.45, 7) is 2.58. The Balaban J connectivity index is 1.73. The first-order valence-electron chi connectivity index (χ1n) is 9.39. The van der Waals surface area contributed by atoms with Gasteiger partial charge in [0.05, 0.1) is 6.61 Å². The highest BCUT2D eigenvalue weighted by atomic mass is 16.5. The highest BCUT2D eigenvalue weighted by Crippen LogP contribution is 2.35. The molecule has 4 rings (SSSR count). The highest BCUT2D eigenvalue weighted by molar-refractivity contribution is 6.09. The second-order valence-electron chi connectivity index (χ2n) is 7.57. The molecule has 6 nitrogen and oxygen atoms in total. The minimum absolute atomic E-state index is 0.0792. The van der Waals surface area contributed by atoms with E-state index in [0.717, 1.165) is 21.7 Å². The number of carbonyl (C=O) groups is 2. The van der Waals surface area contributed by atoms with Gasteiger partial charge in [0, 0.05) is 36.5 Å². The maximum atomic E-state index is 13.2. The molecule has 1 aromatic heterocycles. The number of aliphatic carboxylic acids is 1. The van der Waals surface area contributed by atoms with Gasteiger partial charge < -0.3 is 19.2 Å². The van der Waals surface area contributed by atoms with Crippen molar-refractivity contribution in [3.05, 3.63) is 47.7 Å². The molecular formula is C22H23NO5. The molecular weight excluding hydrogens is 358 g/mol. The Kier molecular flexibility index (Phi) is 4.59. The van der Waals surface area contributed by atoms with Crippen LogP contribution in [0.4, 0.5) is 0 Å². The number of benzene rings is 2. The molecule has 1 fully saturated rings. The monoisotopic (exact) mass is 381 g/mol. The van der Waals surface area contributed by atoms with Gasteiger partial charge in [-0.25, -0.2) is 0 Å². The Morgan fingerprint density at radius 1 is 1.21 bits per heavy atom. The molecule has 2 aromatic carbocycles. The van der Waals surface area contributed by atoms with Crippen molar-refractivity contribution < 1.29 is 23.8 Å². The maximum absolute atomic E-state index is 13.2. The number of rotatable bonds is 4. The molecule has 1 aliphatic heterocycles. The number of carbonyl (C=O) groups excluding carboxylic acids is 1. The smallest absolute Gasteiger partial charge is 0.313 e. The summed E-state index contributed by atoms with van der Waals surface area (Å²) in [6.07, 6.45) is 1.10. The van der Waals surface area contributed by atoms with Crippen molar-refractivity contribution in [3.63, 3.8) is 0 Å². The van der Waals surface area contributed by atoms with E-state index in [4.69, 9.17) is 9.15 Å². The number of carboxylic acids is 1. The van der Waals surface area contributed by atoms with Crippen molar-refractivity contribution in [2.24, 2.45) is 5.41 Å². The zero-order valence-corrected chi connectivity index (χ0v) is 16.0. The SMILES string of the molecule is COCC1(C(=O)O)CCCN(C(=O)c2oc3c(ccc4ccccc43)c2C)C1. The molecule has 3 aromatic rings. The Morgan fingerprint density at radius 3 is 2.75 bits per heavy atom. The van der Waals surface area contributed by atoms with Gasteiger partial charge in [-0.15, -0.1) is 0 Å². The van der Waals surface area contributed by atoms with Gasteiger partial charge in [0.15, 0.2) is 5.76 Å². The first-order valence-corrected chi connectivity index (χ1v) is 9.39. The predicted octanol–water partition coefficient (Wildman–Crippen LogP) is 3.85. The van der Waals surface area contributed by atoms with Crippen molar-refractivity contribution >= 4 is 33.6 Å². The van der Waals surface area contributed by atoms with E-state index in [2.05, 4.69) is 0 Å². The molecule has 0 saturated carbocycles. The van der Waals surface area contributed by atoms with Gasteiger partial charge >= 0.3 is 5.97 Å². The maximum Gasteiger partial charge on any atom is 0.313 e. The molecule has 0 radical (unpaired) electrons. The molecule has 6 heteroatoms. The number of furan rings is 1. The standard InChI is InChI=1S/C22H23NO5/c1-14-16-9-8-15-6-3-4-7-17(15)19(16)28-18(14)20(24)23-11-5-10-22(12-23,13-27-2)21(25)26/h3-4,6-9H,5,10-13H2,1-2H3,(H,25,26). The average molecular weight is 381 g/mol. The van der Waals surface area contributed by atoms with Crippen LogP contribution >= 0.6 is 0 Å². The summed E-state index contributed by atoms with van der Waals surface area (Å²) < 4.78 is 11.2. The molecule has 28 heavy (non-hydrogen) atoms. The van der Waals surface area contributed by atoms with Crippen LogP contribution in [0.15, 0.2) is 40.8 Å². The normalized spacial score (nSPS) is 20.0. The first-order chi connectivity index (χ1) is 13.5. The van der Waals surface area contributed by atoms with E-state index < -0.39 is 11.4 Å². The molecule has 1 aliphatic rings. The Labute approximate surface area is 162 Å². The van der Waals surface area contributed by atoms with Crippen LogP contribution in [-0.4, -0.2) is 48.7 Å². The highest BCUT2D eigenvalue weighted by Gasteiger charge is 2.44. The molecule has 2 heterocycles. The number of nitrogens with zero attached hydrogens (tertiary/aromatic N) is 1. The van der Waals surface area contributed by atoms with E-state index in [-0.39, 0.29) is 24.8 Å². The summed E-state index contributed by atoms with van der Waals surface area (Å²) in [5.74, 6) is -0.914. The molecule has 146 valence electrons. The van der Waals surface area contributed by atoms with Gasteiger partial charge in [0.25, 0.3) is 5.91 Å². The van der Waals surface area contributed by atoms with Crippen LogP contribution in [0.25, 0.3) is 21.7 Å². The van der Waals surface area contributed by atoms with Crippen molar-refractivity contribution in [3.8, 4) is 0 Å². The van der Waals surface area contributed by atoms with Crippen LogP contribution in [0.3, 0.4) is 0 Å². The topological polar surface area (TPSA) is 80.0 Å². The van der Waals surface area contributed by atoms with Gasteiger partial charge in [-0.05, 0) is 25.2 Å². The van der Waals surface area contributed by atoms with Gasteiger partial charge in [0.1, 0.15) is 11.0 Å². The van der Waals surface area contributed by atoms with Crippen molar-refractivity contribution in [2.45, 2.75) is 19.8 Å². The fraction of sp³-hybridized carbons (Fsp3) is 0.364. The average Bonchev–Trinajstić information content (AvgIpc) is 3.05. The Morgan fingerprint density at radius 2 is 2.00 bits per heavy atom. The number of hydrogen-bond acceptors (Lipinski definition) is 4. The van der Waals surface area contributed by atoms with E-state index >= 15 is 0 Å². The second-order valence-corrected chi connectivity index (χ2v) is 7.57. The minimum atomic E-state index is -1.07. The lowest BCUT2D eigenvalue weighted by molar-refractivity contribution is -0.155. The zero-order chi connectivity index (χ0) is 19.9. The number of fused-ring (bicyclic) bond motifs is 3. The van der Waals surface area contributed by atoms with Crippen LogP contribution in [-0.2, 0) is 9.53 Å². The molecule has 1 saturated heterocycles. The Hall–Kier alpha value is -2.86. The molecule has 1 amide bonds. The van der Waals surface area contributed by atoms with Gasteiger partial charge in [-0.3, -0.25) is 9.59 Å². The lowest BCUT2D eigenvalue weighted by Crippen LogP contribution is -2.52. The fourth-order valence-electron chi connectivity index (χ4n) is 4.23. The third-order valence-electron chi connectivity index (χ3n) is 5.76. The van der Waals surface area contributed by atoms with E-state index in [9.17, 15) is 14.7 Å². The summed E-state index contributed by atoms with van der Waals surface area (Å²) in [4.78, 5) is 26.7. The summed E-state index contributed by atoms with van der Waals surface area (Å²) in [6, 6.07) is 11.9. The zero-order valence-electron chi connectivity index (χ0n) is 16.0. The quantitative estimate of drug-likeness (QED) is 0.743. The Bertz CT molecular complexity index is 1070. The number of piperidine rings is 1. The van der Waals surface area contributed by atoms with Crippen LogP contribution in [0.1, 0.15) is 29.0 Å². The van der Waals surface area contributed by atoms with Crippen LogP contribution < -0.4 is 0 Å². The second kappa shape index (κ2) is 6.95. The first kappa shape index (κ1) is 18.5. The number of methoxy groups -OCH3 is 1. The molecule has 0 spiro atoms. The van der Waals surface area contributed by atoms with E-state index in [1.54, 1.807) is 4.90 Å². The summed E-state index contributed by atoms with van der Waals surface area (Å²) in [7, 11) is 1.49. The van der Waals surface area contributed by atoms with E-state index in [0.29, 0.717) is 25.0 Å². The number of carboxylic acid groups (broad SMARTS) is 1. The van der Waals surface area contributed by atoms with E-state index in [1.165, 1.54) is 7.11 Å². The lowest BCUT2D eigenvalue weighted by atomic mass is 9.80. The molecule has 0 aliphatic carbocycles.